The molecular formula is C23H23N9S. The Labute approximate surface area is 195 Å². The third-order valence-electron chi connectivity index (χ3n) is 7.09. The second kappa shape index (κ2) is 7.57. The Morgan fingerprint density at radius 3 is 2.88 bits per heavy atom. The normalized spacial score (nSPS) is 19.2. The van der Waals surface area contributed by atoms with E-state index >= 15 is 0 Å². The van der Waals surface area contributed by atoms with Gasteiger partial charge in [-0.3, -0.25) is 5.10 Å². The van der Waals surface area contributed by atoms with E-state index in [-0.39, 0.29) is 11.5 Å². The average Bonchev–Trinajstić information content (AvgIpc) is 3.51. The zero-order valence-electron chi connectivity index (χ0n) is 18.2. The fraction of sp³-hybridized carbons (Fsp3) is 0.348. The topological polar surface area (TPSA) is 125 Å². The Hall–Kier alpha value is -3.42. The van der Waals surface area contributed by atoms with E-state index in [0.29, 0.717) is 11.2 Å². The molecule has 2 aliphatic rings. The number of hydrogen-bond acceptors (Lipinski definition) is 8. The van der Waals surface area contributed by atoms with Crippen LogP contribution in [0.5, 0.6) is 0 Å². The van der Waals surface area contributed by atoms with Crippen molar-refractivity contribution in [3.05, 3.63) is 53.5 Å². The van der Waals surface area contributed by atoms with Gasteiger partial charge >= 0.3 is 0 Å². The van der Waals surface area contributed by atoms with Crippen molar-refractivity contribution in [3.8, 4) is 6.07 Å². The van der Waals surface area contributed by atoms with Crippen LogP contribution in [-0.2, 0) is 13.5 Å². The van der Waals surface area contributed by atoms with Gasteiger partial charge in [-0.15, -0.1) is 0 Å². The third-order valence-corrected chi connectivity index (χ3v) is 8.14. The van der Waals surface area contributed by atoms with Crippen molar-refractivity contribution in [2.24, 2.45) is 18.2 Å². The van der Waals surface area contributed by atoms with Crippen molar-refractivity contribution in [1.82, 2.24) is 29.7 Å². The minimum atomic E-state index is -0.0326. The smallest absolute Gasteiger partial charge is 0.177 e. The van der Waals surface area contributed by atoms with Crippen LogP contribution in [0.25, 0.3) is 11.2 Å². The molecule has 0 amide bonds. The van der Waals surface area contributed by atoms with Gasteiger partial charge in [0, 0.05) is 38.6 Å². The molecule has 6 rings (SSSR count). The lowest BCUT2D eigenvalue weighted by Gasteiger charge is -2.42. The van der Waals surface area contributed by atoms with Crippen LogP contribution in [0.15, 0.2) is 47.0 Å². The highest BCUT2D eigenvalue weighted by atomic mass is 32.2. The quantitative estimate of drug-likeness (QED) is 0.481. The van der Waals surface area contributed by atoms with Gasteiger partial charge in [0.1, 0.15) is 11.3 Å². The number of rotatable bonds is 3. The zero-order chi connectivity index (χ0) is 22.6. The molecule has 3 aromatic heterocycles. The Kier molecular flexibility index (Phi) is 4.64. The molecule has 0 bridgehead atoms. The molecule has 1 atom stereocenters. The summed E-state index contributed by atoms with van der Waals surface area (Å²) in [5.74, 6) is 0.852. The van der Waals surface area contributed by atoms with Gasteiger partial charge in [-0.25, -0.2) is 15.0 Å². The van der Waals surface area contributed by atoms with Crippen molar-refractivity contribution in [1.29, 1.82) is 5.26 Å². The minimum Gasteiger partial charge on any atom is -0.355 e. The zero-order valence-corrected chi connectivity index (χ0v) is 19.0. The second-order valence-electron chi connectivity index (χ2n) is 8.91. The summed E-state index contributed by atoms with van der Waals surface area (Å²) in [5.41, 5.74) is 11.3. The molecule has 1 aromatic carbocycles. The first-order chi connectivity index (χ1) is 16.1. The number of aromatic amines is 1. The van der Waals surface area contributed by atoms with E-state index in [1.807, 2.05) is 36.1 Å². The molecular weight excluding hydrogens is 434 g/mol. The van der Waals surface area contributed by atoms with Crippen LogP contribution < -0.4 is 10.6 Å². The van der Waals surface area contributed by atoms with Crippen molar-refractivity contribution in [2.75, 3.05) is 18.0 Å². The number of fused-ring (bicyclic) bond motifs is 2. The first-order valence-electron chi connectivity index (χ1n) is 11.0. The Morgan fingerprint density at radius 1 is 1.27 bits per heavy atom. The SMILES string of the molecule is Cn1ccnc1Sc1n[nH]c2nc(N3CCC4(CC3)Cc3ccc(C#N)cc3[C@H]4N)cnc12. The standard InChI is InChI=1S/C23H23N9S/c1-31-9-6-26-22(31)33-21-18-20(29-30-21)28-17(13-27-18)32-7-4-23(5-8-32)11-15-3-2-14(12-24)10-16(15)19(23)25/h2-3,6,9-10,13,19H,4-5,7-8,11,25H2,1H3,(H,28,29,30)/t19-/m1/s1. The maximum atomic E-state index is 9.25. The van der Waals surface area contributed by atoms with Gasteiger partial charge in [0.2, 0.25) is 0 Å². The van der Waals surface area contributed by atoms with E-state index in [1.54, 1.807) is 6.20 Å². The van der Waals surface area contributed by atoms with Gasteiger partial charge in [-0.05, 0) is 59.7 Å². The highest BCUT2D eigenvalue weighted by Crippen LogP contribution is 2.51. The first kappa shape index (κ1) is 20.2. The lowest BCUT2D eigenvalue weighted by Crippen LogP contribution is -2.44. The molecule has 1 spiro atoms. The Bertz CT molecular complexity index is 1390. The van der Waals surface area contributed by atoms with Crippen LogP contribution in [-0.4, -0.2) is 42.8 Å². The van der Waals surface area contributed by atoms with E-state index in [9.17, 15) is 5.26 Å². The molecule has 0 radical (unpaired) electrons. The number of hydrogen-bond donors (Lipinski definition) is 2. The molecule has 1 saturated heterocycles. The van der Waals surface area contributed by atoms with Gasteiger partial charge in [0.25, 0.3) is 0 Å². The first-order valence-corrected chi connectivity index (χ1v) is 11.8. The number of nitrogens with one attached hydrogen (secondary N) is 1. The molecule has 3 N–H and O–H groups in total. The maximum absolute atomic E-state index is 9.25. The summed E-state index contributed by atoms with van der Waals surface area (Å²) in [4.78, 5) is 16.1. The van der Waals surface area contributed by atoms with Crippen LogP contribution in [0.3, 0.4) is 0 Å². The summed E-state index contributed by atoms with van der Waals surface area (Å²) in [6.07, 6.45) is 8.44. The molecule has 9 nitrogen and oxygen atoms in total. The van der Waals surface area contributed by atoms with E-state index in [0.717, 1.165) is 59.4 Å². The van der Waals surface area contributed by atoms with E-state index in [1.165, 1.54) is 17.3 Å². The molecule has 10 heteroatoms. The Balaban J connectivity index is 1.19. The Morgan fingerprint density at radius 2 is 2.12 bits per heavy atom. The summed E-state index contributed by atoms with van der Waals surface area (Å²) in [5, 5.41) is 18.3. The van der Waals surface area contributed by atoms with Crippen molar-refractivity contribution < 1.29 is 0 Å². The molecule has 0 saturated carbocycles. The monoisotopic (exact) mass is 457 g/mol. The highest BCUT2D eigenvalue weighted by molar-refractivity contribution is 7.99. The highest BCUT2D eigenvalue weighted by Gasteiger charge is 2.46. The van der Waals surface area contributed by atoms with Gasteiger partial charge in [-0.1, -0.05) is 6.07 Å². The minimum absolute atomic E-state index is 0.0326. The largest absolute Gasteiger partial charge is 0.355 e. The lowest BCUT2D eigenvalue weighted by atomic mass is 9.73. The lowest BCUT2D eigenvalue weighted by molar-refractivity contribution is 0.187. The van der Waals surface area contributed by atoms with Crippen molar-refractivity contribution in [2.45, 2.75) is 35.5 Å². The molecule has 1 aliphatic heterocycles. The summed E-state index contributed by atoms with van der Waals surface area (Å²) in [7, 11) is 1.95. The fourth-order valence-electron chi connectivity index (χ4n) is 5.13. The van der Waals surface area contributed by atoms with Gasteiger partial charge in [0.15, 0.2) is 15.8 Å². The van der Waals surface area contributed by atoms with Crippen LogP contribution in [0, 0.1) is 16.7 Å². The summed E-state index contributed by atoms with van der Waals surface area (Å²) >= 11 is 1.47. The molecule has 4 aromatic rings. The van der Waals surface area contributed by atoms with Gasteiger partial charge < -0.3 is 15.2 Å². The predicted molar refractivity (Wildman–Crippen MR) is 125 cm³/mol. The van der Waals surface area contributed by atoms with Crippen LogP contribution >= 0.6 is 11.8 Å². The van der Waals surface area contributed by atoms with E-state index < -0.39 is 0 Å². The molecule has 4 heterocycles. The predicted octanol–water partition coefficient (Wildman–Crippen LogP) is 2.95. The number of nitrogens with zero attached hydrogens (tertiary/aromatic N) is 7. The van der Waals surface area contributed by atoms with Gasteiger partial charge in [-0.2, -0.15) is 10.4 Å². The van der Waals surface area contributed by atoms with Crippen LogP contribution in [0.1, 0.15) is 35.6 Å². The number of nitrogens with two attached hydrogens (primary N) is 1. The number of benzene rings is 1. The number of H-pyrrole nitrogens is 1. The molecule has 1 aliphatic carbocycles. The van der Waals surface area contributed by atoms with Crippen molar-refractivity contribution >= 4 is 28.7 Å². The number of anilines is 1. The van der Waals surface area contributed by atoms with Gasteiger partial charge in [0.05, 0.1) is 17.8 Å². The molecule has 166 valence electrons. The molecule has 0 unspecified atom stereocenters. The van der Waals surface area contributed by atoms with E-state index in [2.05, 4.69) is 37.2 Å². The number of nitriles is 1. The second-order valence-corrected chi connectivity index (χ2v) is 9.86. The van der Waals surface area contributed by atoms with Crippen LogP contribution in [0.4, 0.5) is 5.82 Å². The number of aromatic nitrogens is 6. The number of imidazole rings is 1. The summed E-state index contributed by atoms with van der Waals surface area (Å²) < 4.78 is 1.95. The molecule has 33 heavy (non-hydrogen) atoms. The third kappa shape index (κ3) is 3.27. The summed E-state index contributed by atoms with van der Waals surface area (Å²) in [6, 6.07) is 8.15. The maximum Gasteiger partial charge on any atom is 0.177 e. The fourth-order valence-corrected chi connectivity index (χ4v) is 5.96. The summed E-state index contributed by atoms with van der Waals surface area (Å²) in [6.45, 7) is 1.74. The molecule has 1 fully saturated rings. The van der Waals surface area contributed by atoms with Crippen LogP contribution in [0.2, 0.25) is 0 Å². The van der Waals surface area contributed by atoms with Crippen molar-refractivity contribution in [3.63, 3.8) is 0 Å². The van der Waals surface area contributed by atoms with E-state index in [4.69, 9.17) is 10.7 Å². The number of piperidine rings is 1. The number of aryl methyl sites for hydroxylation is 1. The average molecular weight is 458 g/mol.